The molecule has 1 saturated heterocycles. The van der Waals surface area contributed by atoms with Crippen molar-refractivity contribution < 1.29 is 9.50 Å². The van der Waals surface area contributed by atoms with E-state index in [1.807, 2.05) is 12.1 Å². The fourth-order valence-corrected chi connectivity index (χ4v) is 2.77. The molecular weight excluding hydrogens is 265 g/mol. The molecule has 0 saturated carbocycles. The Labute approximate surface area is 127 Å². The van der Waals surface area contributed by atoms with Crippen LogP contribution in [-0.2, 0) is 6.54 Å². The minimum atomic E-state index is -0.177. The molecule has 1 aromatic rings. The highest BCUT2D eigenvalue weighted by Crippen LogP contribution is 2.22. The number of likely N-dealkylation sites (tertiary alicyclic amines) is 1. The molecule has 2 rings (SSSR count). The molecule has 1 aromatic carbocycles. The molecule has 3 heteroatoms. The second-order valence-corrected chi connectivity index (χ2v) is 5.71. The molecule has 0 atom stereocenters. The summed E-state index contributed by atoms with van der Waals surface area (Å²) in [5, 5.41) is 8.68. The quantitative estimate of drug-likeness (QED) is 0.861. The Morgan fingerprint density at radius 3 is 2.71 bits per heavy atom. The van der Waals surface area contributed by atoms with Crippen LogP contribution in [-0.4, -0.2) is 29.7 Å². The summed E-state index contributed by atoms with van der Waals surface area (Å²) in [5.74, 6) is 6.35. The molecule has 2 nitrogen and oxygen atoms in total. The van der Waals surface area contributed by atoms with E-state index in [4.69, 9.17) is 5.11 Å². The molecule has 21 heavy (non-hydrogen) atoms. The van der Waals surface area contributed by atoms with Crippen molar-refractivity contribution in [2.45, 2.75) is 39.2 Å². The van der Waals surface area contributed by atoms with Gasteiger partial charge in [0.25, 0.3) is 0 Å². The molecule has 0 amide bonds. The molecule has 0 bridgehead atoms. The lowest BCUT2D eigenvalue weighted by Crippen LogP contribution is -2.33. The van der Waals surface area contributed by atoms with Gasteiger partial charge in [-0.05, 0) is 44.0 Å². The number of aliphatic hydroxyl groups excluding tert-OH is 1. The second kappa shape index (κ2) is 8.17. The highest BCUT2D eigenvalue weighted by molar-refractivity contribution is 5.37. The Morgan fingerprint density at radius 2 is 2.10 bits per heavy atom. The van der Waals surface area contributed by atoms with E-state index in [0.717, 1.165) is 24.6 Å². The summed E-state index contributed by atoms with van der Waals surface area (Å²) < 4.78 is 14.1. The maximum absolute atomic E-state index is 14.1. The minimum absolute atomic E-state index is 0.0429. The number of halogens is 1. The molecule has 0 aromatic heterocycles. The van der Waals surface area contributed by atoms with E-state index >= 15 is 0 Å². The van der Waals surface area contributed by atoms with Crippen molar-refractivity contribution in [3.63, 3.8) is 0 Å². The van der Waals surface area contributed by atoms with Gasteiger partial charge in [0.15, 0.2) is 0 Å². The smallest absolute Gasteiger partial charge is 0.128 e. The highest BCUT2D eigenvalue weighted by Gasteiger charge is 2.18. The van der Waals surface area contributed by atoms with Crippen molar-refractivity contribution in [2.24, 2.45) is 5.92 Å². The average molecular weight is 289 g/mol. The van der Waals surface area contributed by atoms with Crippen LogP contribution < -0.4 is 0 Å². The number of hydrogen-bond acceptors (Lipinski definition) is 2. The monoisotopic (exact) mass is 289 g/mol. The maximum atomic E-state index is 14.1. The zero-order valence-corrected chi connectivity index (χ0v) is 12.7. The lowest BCUT2D eigenvalue weighted by atomic mass is 9.94. The molecule has 1 aliphatic heterocycles. The molecule has 1 fully saturated rings. The molecule has 0 radical (unpaired) electrons. The van der Waals surface area contributed by atoms with Crippen molar-refractivity contribution in [1.29, 1.82) is 0 Å². The number of piperidine rings is 1. The Kier molecular flexibility index (Phi) is 6.22. The lowest BCUT2D eigenvalue weighted by Gasteiger charge is -2.31. The van der Waals surface area contributed by atoms with E-state index in [0.29, 0.717) is 18.5 Å². The van der Waals surface area contributed by atoms with E-state index in [1.165, 1.54) is 25.3 Å². The predicted octanol–water partition coefficient (Wildman–Crippen LogP) is 3.18. The van der Waals surface area contributed by atoms with E-state index in [9.17, 15) is 4.39 Å². The summed E-state index contributed by atoms with van der Waals surface area (Å²) in [7, 11) is 0. The number of nitrogens with zero attached hydrogens (tertiary/aromatic N) is 1. The van der Waals surface area contributed by atoms with Crippen molar-refractivity contribution >= 4 is 0 Å². The van der Waals surface area contributed by atoms with Crippen LogP contribution in [0.4, 0.5) is 4.39 Å². The first-order chi connectivity index (χ1) is 10.2. The van der Waals surface area contributed by atoms with Gasteiger partial charge in [-0.3, -0.25) is 4.90 Å². The summed E-state index contributed by atoms with van der Waals surface area (Å²) in [6.45, 7) is 5.11. The highest BCUT2D eigenvalue weighted by atomic mass is 19.1. The standard InChI is InChI=1S/C18H24FNO/c1-2-15-8-10-20(11-9-15)14-17-7-6-16(13-18(17)19)5-3-4-12-21/h6-7,13,15,21H,2,4,8-12,14H2,1H3. The molecule has 0 aliphatic carbocycles. The zero-order chi connectivity index (χ0) is 15.1. The van der Waals surface area contributed by atoms with Crippen molar-refractivity contribution in [3.05, 3.63) is 35.1 Å². The SMILES string of the molecule is CCC1CCN(Cc2ccc(C#CCCO)cc2F)CC1. The van der Waals surface area contributed by atoms with Crippen molar-refractivity contribution in [1.82, 2.24) is 4.90 Å². The van der Waals surface area contributed by atoms with Gasteiger partial charge in [0.2, 0.25) is 0 Å². The number of hydrogen-bond donors (Lipinski definition) is 1. The van der Waals surface area contributed by atoms with E-state index in [-0.39, 0.29) is 12.4 Å². The van der Waals surface area contributed by atoms with Crippen LogP contribution in [0, 0.1) is 23.6 Å². The second-order valence-electron chi connectivity index (χ2n) is 5.71. The summed E-state index contributed by atoms with van der Waals surface area (Å²) in [6.07, 6.45) is 4.13. The minimum Gasteiger partial charge on any atom is -0.395 e. The van der Waals surface area contributed by atoms with Crippen LogP contribution in [0.15, 0.2) is 18.2 Å². The molecular formula is C18H24FNO. The van der Waals surface area contributed by atoms with Gasteiger partial charge < -0.3 is 5.11 Å². The Hall–Kier alpha value is -1.37. The average Bonchev–Trinajstić information content (AvgIpc) is 2.51. The van der Waals surface area contributed by atoms with Crippen LogP contribution >= 0.6 is 0 Å². The van der Waals surface area contributed by atoms with Crippen LogP contribution in [0.25, 0.3) is 0 Å². The van der Waals surface area contributed by atoms with Gasteiger partial charge in [-0.1, -0.05) is 31.3 Å². The third-order valence-electron chi connectivity index (χ3n) is 4.20. The van der Waals surface area contributed by atoms with Gasteiger partial charge >= 0.3 is 0 Å². The zero-order valence-electron chi connectivity index (χ0n) is 12.7. The maximum Gasteiger partial charge on any atom is 0.128 e. The Balaban J connectivity index is 1.94. The van der Waals surface area contributed by atoms with Gasteiger partial charge in [-0.15, -0.1) is 0 Å². The largest absolute Gasteiger partial charge is 0.395 e. The number of aliphatic hydroxyl groups is 1. The summed E-state index contributed by atoms with van der Waals surface area (Å²) in [5.41, 5.74) is 1.42. The van der Waals surface area contributed by atoms with Gasteiger partial charge in [0.1, 0.15) is 5.82 Å². The van der Waals surface area contributed by atoms with Crippen molar-refractivity contribution in [2.75, 3.05) is 19.7 Å². The topological polar surface area (TPSA) is 23.5 Å². The fourth-order valence-electron chi connectivity index (χ4n) is 2.77. The first kappa shape index (κ1) is 16.0. The molecule has 0 spiro atoms. The van der Waals surface area contributed by atoms with Crippen LogP contribution in [0.2, 0.25) is 0 Å². The fraction of sp³-hybridized carbons (Fsp3) is 0.556. The first-order valence-electron chi connectivity index (χ1n) is 7.83. The summed E-state index contributed by atoms with van der Waals surface area (Å²) in [6, 6.07) is 5.20. The molecule has 0 unspecified atom stereocenters. The van der Waals surface area contributed by atoms with Crippen LogP contribution in [0.5, 0.6) is 0 Å². The molecule has 1 aliphatic rings. The molecule has 1 N–H and O–H groups in total. The Bertz CT molecular complexity index is 510. The Morgan fingerprint density at radius 1 is 1.33 bits per heavy atom. The normalized spacial score (nSPS) is 16.5. The van der Waals surface area contributed by atoms with Gasteiger partial charge in [-0.2, -0.15) is 0 Å². The third kappa shape index (κ3) is 4.84. The molecule has 114 valence electrons. The number of rotatable bonds is 4. The predicted molar refractivity (Wildman–Crippen MR) is 83.3 cm³/mol. The first-order valence-corrected chi connectivity index (χ1v) is 7.83. The van der Waals surface area contributed by atoms with Crippen LogP contribution in [0.3, 0.4) is 0 Å². The van der Waals surface area contributed by atoms with Crippen LogP contribution in [0.1, 0.15) is 43.7 Å². The lowest BCUT2D eigenvalue weighted by molar-refractivity contribution is 0.173. The summed E-state index contributed by atoms with van der Waals surface area (Å²) in [4.78, 5) is 2.34. The van der Waals surface area contributed by atoms with E-state index < -0.39 is 0 Å². The van der Waals surface area contributed by atoms with Gasteiger partial charge in [0, 0.05) is 24.1 Å². The number of benzene rings is 1. The third-order valence-corrected chi connectivity index (χ3v) is 4.20. The van der Waals surface area contributed by atoms with E-state index in [2.05, 4.69) is 23.7 Å². The molecule has 1 heterocycles. The van der Waals surface area contributed by atoms with Crippen molar-refractivity contribution in [3.8, 4) is 11.8 Å². The van der Waals surface area contributed by atoms with Gasteiger partial charge in [0.05, 0.1) is 6.61 Å². The van der Waals surface area contributed by atoms with E-state index in [1.54, 1.807) is 0 Å². The summed E-state index contributed by atoms with van der Waals surface area (Å²) >= 11 is 0. The van der Waals surface area contributed by atoms with Gasteiger partial charge in [-0.25, -0.2) is 4.39 Å².